The second-order valence-corrected chi connectivity index (χ2v) is 4.28. The van der Waals surface area contributed by atoms with E-state index in [1.807, 2.05) is 13.8 Å². The van der Waals surface area contributed by atoms with Gasteiger partial charge in [-0.3, -0.25) is 0 Å². The molecule has 0 saturated heterocycles. The summed E-state index contributed by atoms with van der Waals surface area (Å²) >= 11 is 0. The molecule has 0 aromatic heterocycles. The van der Waals surface area contributed by atoms with Gasteiger partial charge in [-0.25, -0.2) is 0 Å². The van der Waals surface area contributed by atoms with Crippen molar-refractivity contribution in [1.82, 2.24) is 0 Å². The summed E-state index contributed by atoms with van der Waals surface area (Å²) in [7, 11) is 0. The Morgan fingerprint density at radius 3 is 1.75 bits per heavy atom. The van der Waals surface area contributed by atoms with Gasteiger partial charge in [-0.15, -0.1) is 0 Å². The maximum Gasteiger partial charge on any atom is 0.0961 e. The molecule has 2 N–H and O–H groups in total. The van der Waals surface area contributed by atoms with Crippen molar-refractivity contribution in [3.05, 3.63) is 24.7 Å². The van der Waals surface area contributed by atoms with Crippen molar-refractivity contribution in [2.24, 2.45) is 5.73 Å². The van der Waals surface area contributed by atoms with E-state index in [0.717, 1.165) is 24.4 Å². The number of hydrogen-bond acceptors (Lipinski definition) is 2. The molecule has 1 aliphatic rings. The molecule has 16 heavy (non-hydrogen) atoms. The van der Waals surface area contributed by atoms with Crippen molar-refractivity contribution in [3.63, 3.8) is 0 Å². The monoisotopic (exact) mass is 225 g/mol. The molecule has 0 aliphatic heterocycles. The summed E-state index contributed by atoms with van der Waals surface area (Å²) in [5.74, 6) is 1.59. The standard InChI is InChI=1S/C8H14O.C6H13N/c1-5-7(3)9-8(4)6-2;7-6-4-2-1-3-5-6/h3-6H2,1-2H3;6H,1-5,7H2. The first-order valence-corrected chi connectivity index (χ1v) is 6.39. The summed E-state index contributed by atoms with van der Waals surface area (Å²) in [5, 5.41) is 0. The quantitative estimate of drug-likeness (QED) is 0.730. The van der Waals surface area contributed by atoms with Gasteiger partial charge >= 0.3 is 0 Å². The average molecular weight is 225 g/mol. The second-order valence-electron chi connectivity index (χ2n) is 4.28. The molecule has 2 heteroatoms. The molecule has 0 aromatic rings. The highest BCUT2D eigenvalue weighted by molar-refractivity contribution is 4.91. The Bertz CT molecular complexity index is 191. The van der Waals surface area contributed by atoms with Gasteiger partial charge in [0.25, 0.3) is 0 Å². The number of ether oxygens (including phenoxy) is 1. The third kappa shape index (κ3) is 8.54. The van der Waals surface area contributed by atoms with Gasteiger partial charge in [-0.05, 0) is 12.8 Å². The van der Waals surface area contributed by atoms with Crippen molar-refractivity contribution < 1.29 is 4.74 Å². The van der Waals surface area contributed by atoms with Gasteiger partial charge in [0.2, 0.25) is 0 Å². The molecular formula is C14H27NO. The van der Waals surface area contributed by atoms with Crippen LogP contribution in [0.4, 0.5) is 0 Å². The number of allylic oxidation sites excluding steroid dienone is 2. The molecule has 2 nitrogen and oxygen atoms in total. The van der Waals surface area contributed by atoms with Gasteiger partial charge in [-0.2, -0.15) is 0 Å². The molecule has 0 heterocycles. The van der Waals surface area contributed by atoms with Gasteiger partial charge in [0.1, 0.15) is 0 Å². The summed E-state index contributed by atoms with van der Waals surface area (Å²) in [6, 6.07) is 0.536. The first-order chi connectivity index (χ1) is 7.60. The van der Waals surface area contributed by atoms with Crippen LogP contribution in [0.25, 0.3) is 0 Å². The van der Waals surface area contributed by atoms with Crippen LogP contribution in [0.1, 0.15) is 58.8 Å². The molecule has 0 radical (unpaired) electrons. The average Bonchev–Trinajstić information content (AvgIpc) is 2.30. The van der Waals surface area contributed by atoms with Crippen molar-refractivity contribution in [3.8, 4) is 0 Å². The molecule has 1 aliphatic carbocycles. The van der Waals surface area contributed by atoms with E-state index in [9.17, 15) is 0 Å². The van der Waals surface area contributed by atoms with E-state index in [-0.39, 0.29) is 0 Å². The fourth-order valence-corrected chi connectivity index (χ4v) is 1.48. The molecule has 1 saturated carbocycles. The normalized spacial score (nSPS) is 15.9. The van der Waals surface area contributed by atoms with Crippen LogP contribution >= 0.6 is 0 Å². The molecule has 0 spiro atoms. The fraction of sp³-hybridized carbons (Fsp3) is 0.714. The Labute approximate surface area is 101 Å². The van der Waals surface area contributed by atoms with E-state index in [2.05, 4.69) is 13.2 Å². The maximum atomic E-state index is 5.63. The van der Waals surface area contributed by atoms with Gasteiger partial charge < -0.3 is 10.5 Å². The van der Waals surface area contributed by atoms with Crippen LogP contribution in [0.5, 0.6) is 0 Å². The van der Waals surface area contributed by atoms with Crippen molar-refractivity contribution >= 4 is 0 Å². The van der Waals surface area contributed by atoms with Crippen molar-refractivity contribution in [1.29, 1.82) is 0 Å². The summed E-state index contributed by atoms with van der Waals surface area (Å²) in [6.07, 6.45) is 8.38. The first-order valence-electron chi connectivity index (χ1n) is 6.39. The molecular weight excluding hydrogens is 198 g/mol. The molecule has 1 fully saturated rings. The Balaban J connectivity index is 0.000000288. The maximum absolute atomic E-state index is 5.63. The third-order valence-electron chi connectivity index (χ3n) is 2.73. The molecule has 1 rings (SSSR count). The minimum atomic E-state index is 0.536. The Morgan fingerprint density at radius 2 is 1.50 bits per heavy atom. The fourth-order valence-electron chi connectivity index (χ4n) is 1.48. The summed E-state index contributed by atoms with van der Waals surface area (Å²) < 4.78 is 5.16. The van der Waals surface area contributed by atoms with Gasteiger partial charge in [0, 0.05) is 18.9 Å². The predicted molar refractivity (Wildman–Crippen MR) is 71.0 cm³/mol. The van der Waals surface area contributed by atoms with Crippen LogP contribution in [0.2, 0.25) is 0 Å². The smallest absolute Gasteiger partial charge is 0.0961 e. The van der Waals surface area contributed by atoms with E-state index in [1.54, 1.807) is 0 Å². The first kappa shape index (κ1) is 15.2. The van der Waals surface area contributed by atoms with Crippen molar-refractivity contribution in [2.45, 2.75) is 64.8 Å². The van der Waals surface area contributed by atoms with Crippen LogP contribution in [0.15, 0.2) is 24.7 Å². The number of nitrogens with two attached hydrogens (primary N) is 1. The number of rotatable bonds is 4. The van der Waals surface area contributed by atoms with Gasteiger partial charge in [0.05, 0.1) is 11.5 Å². The SMILES string of the molecule is C=C(CC)OC(=C)CC.NC1CCCCC1. The molecule has 0 bridgehead atoms. The van der Waals surface area contributed by atoms with Gasteiger partial charge in [0.15, 0.2) is 0 Å². The molecule has 0 amide bonds. The van der Waals surface area contributed by atoms with Crippen LogP contribution in [-0.2, 0) is 4.74 Å². The van der Waals surface area contributed by atoms with E-state index in [1.165, 1.54) is 32.1 Å². The second kappa shape index (κ2) is 9.46. The Hall–Kier alpha value is -0.760. The zero-order valence-electron chi connectivity index (χ0n) is 10.9. The highest BCUT2D eigenvalue weighted by Crippen LogP contribution is 2.14. The lowest BCUT2D eigenvalue weighted by Gasteiger charge is -2.15. The zero-order chi connectivity index (χ0) is 12.4. The highest BCUT2D eigenvalue weighted by Gasteiger charge is 2.06. The van der Waals surface area contributed by atoms with Crippen molar-refractivity contribution in [2.75, 3.05) is 0 Å². The lowest BCUT2D eigenvalue weighted by atomic mass is 9.97. The van der Waals surface area contributed by atoms with Crippen LogP contribution in [0.3, 0.4) is 0 Å². The van der Waals surface area contributed by atoms with Crippen LogP contribution in [0, 0.1) is 0 Å². The largest absolute Gasteiger partial charge is 0.467 e. The number of hydrogen-bond donors (Lipinski definition) is 1. The minimum absolute atomic E-state index is 0.536. The lowest BCUT2D eigenvalue weighted by molar-refractivity contribution is 0.287. The highest BCUT2D eigenvalue weighted by atomic mass is 16.5. The minimum Gasteiger partial charge on any atom is -0.467 e. The van der Waals surface area contributed by atoms with E-state index in [4.69, 9.17) is 10.5 Å². The summed E-state index contributed by atoms with van der Waals surface area (Å²) in [4.78, 5) is 0. The summed E-state index contributed by atoms with van der Waals surface area (Å²) in [5.41, 5.74) is 5.63. The van der Waals surface area contributed by atoms with Crippen LogP contribution < -0.4 is 5.73 Å². The van der Waals surface area contributed by atoms with E-state index >= 15 is 0 Å². The summed E-state index contributed by atoms with van der Waals surface area (Å²) in [6.45, 7) is 11.4. The lowest BCUT2D eigenvalue weighted by Crippen LogP contribution is -2.22. The third-order valence-corrected chi connectivity index (χ3v) is 2.73. The predicted octanol–water partition coefficient (Wildman–Crippen LogP) is 4.13. The molecule has 0 unspecified atom stereocenters. The van der Waals surface area contributed by atoms with E-state index < -0.39 is 0 Å². The van der Waals surface area contributed by atoms with E-state index in [0.29, 0.717) is 6.04 Å². The molecule has 0 atom stereocenters. The Morgan fingerprint density at radius 1 is 1.06 bits per heavy atom. The molecule has 0 aromatic carbocycles. The van der Waals surface area contributed by atoms with Gasteiger partial charge in [-0.1, -0.05) is 46.3 Å². The Kier molecular flexibility index (Phi) is 9.02. The zero-order valence-corrected chi connectivity index (χ0v) is 10.9. The molecule has 94 valence electrons. The van der Waals surface area contributed by atoms with Crippen LogP contribution in [-0.4, -0.2) is 6.04 Å². The topological polar surface area (TPSA) is 35.2 Å².